The van der Waals surface area contributed by atoms with Crippen molar-refractivity contribution in [1.29, 1.82) is 5.26 Å². The van der Waals surface area contributed by atoms with E-state index in [4.69, 9.17) is 9.68 Å². The number of benzene rings is 1. The lowest BCUT2D eigenvalue weighted by atomic mass is 9.94. The number of nitrogens with one attached hydrogen (secondary N) is 1. The van der Waals surface area contributed by atoms with E-state index in [9.17, 15) is 9.90 Å². The monoisotopic (exact) mass is 338 g/mol. The molecule has 2 N–H and O–H groups in total. The molecule has 0 aliphatic heterocycles. The second-order valence-corrected chi connectivity index (χ2v) is 6.17. The van der Waals surface area contributed by atoms with Crippen molar-refractivity contribution in [2.75, 3.05) is 6.54 Å². The lowest BCUT2D eigenvalue weighted by Gasteiger charge is -2.26. The average molecular weight is 338 g/mol. The highest BCUT2D eigenvalue weighted by Gasteiger charge is 2.34. The van der Waals surface area contributed by atoms with Gasteiger partial charge >= 0.3 is 0 Å². The van der Waals surface area contributed by atoms with Crippen molar-refractivity contribution in [2.24, 2.45) is 0 Å². The summed E-state index contributed by atoms with van der Waals surface area (Å²) < 4.78 is 5.08. The number of hydrogen-bond donors (Lipinski definition) is 2. The van der Waals surface area contributed by atoms with Crippen LogP contribution in [0.1, 0.15) is 26.4 Å². The van der Waals surface area contributed by atoms with E-state index in [2.05, 4.69) is 5.32 Å². The molecule has 2 aromatic heterocycles. The number of carbonyl (C=O) groups is 1. The van der Waals surface area contributed by atoms with Gasteiger partial charge in [-0.15, -0.1) is 11.3 Å². The normalized spacial score (nSPS) is 13.0. The molecule has 0 radical (unpaired) electrons. The molecule has 0 spiro atoms. The molecule has 0 unspecified atom stereocenters. The zero-order valence-corrected chi connectivity index (χ0v) is 13.4. The summed E-state index contributed by atoms with van der Waals surface area (Å²) in [6, 6.07) is 13.6. The number of aliphatic hydroxyl groups is 1. The van der Waals surface area contributed by atoms with E-state index in [1.54, 1.807) is 30.3 Å². The first-order valence-corrected chi connectivity index (χ1v) is 8.09. The second kappa shape index (κ2) is 6.71. The SMILES string of the molecule is N#Cc1ccc(C(=O)NC[C@](O)(c2ccoc2)c2cccs2)cc1. The van der Waals surface area contributed by atoms with Crippen LogP contribution in [0.5, 0.6) is 0 Å². The van der Waals surface area contributed by atoms with Crippen molar-refractivity contribution < 1.29 is 14.3 Å². The van der Waals surface area contributed by atoms with Gasteiger partial charge < -0.3 is 14.8 Å². The summed E-state index contributed by atoms with van der Waals surface area (Å²) in [4.78, 5) is 13.0. The van der Waals surface area contributed by atoms with Gasteiger partial charge in [0.25, 0.3) is 5.91 Å². The van der Waals surface area contributed by atoms with Crippen molar-refractivity contribution in [3.05, 3.63) is 81.9 Å². The van der Waals surface area contributed by atoms with Crippen LogP contribution in [0, 0.1) is 11.3 Å². The van der Waals surface area contributed by atoms with Gasteiger partial charge in [0, 0.05) is 16.0 Å². The molecule has 0 fully saturated rings. The van der Waals surface area contributed by atoms with Crippen LogP contribution in [-0.2, 0) is 5.60 Å². The number of furan rings is 1. The lowest BCUT2D eigenvalue weighted by Crippen LogP contribution is -2.41. The van der Waals surface area contributed by atoms with Crippen LogP contribution in [0.2, 0.25) is 0 Å². The number of carbonyl (C=O) groups excluding carboxylic acids is 1. The van der Waals surface area contributed by atoms with E-state index < -0.39 is 5.60 Å². The Labute approximate surface area is 142 Å². The van der Waals surface area contributed by atoms with Gasteiger partial charge in [-0.1, -0.05) is 6.07 Å². The van der Waals surface area contributed by atoms with Crippen LogP contribution in [0.3, 0.4) is 0 Å². The van der Waals surface area contributed by atoms with Crippen molar-refractivity contribution in [3.63, 3.8) is 0 Å². The van der Waals surface area contributed by atoms with Crippen molar-refractivity contribution >= 4 is 17.2 Å². The minimum Gasteiger partial charge on any atom is -0.472 e. The van der Waals surface area contributed by atoms with Gasteiger partial charge in [0.1, 0.15) is 5.60 Å². The minimum absolute atomic E-state index is 0.00583. The summed E-state index contributed by atoms with van der Waals surface area (Å²) in [5.74, 6) is -0.321. The highest BCUT2D eigenvalue weighted by molar-refractivity contribution is 7.10. The lowest BCUT2D eigenvalue weighted by molar-refractivity contribution is 0.0714. The van der Waals surface area contributed by atoms with E-state index in [0.29, 0.717) is 21.6 Å². The van der Waals surface area contributed by atoms with Gasteiger partial charge in [0.15, 0.2) is 0 Å². The summed E-state index contributed by atoms with van der Waals surface area (Å²) in [5.41, 5.74) is 0.128. The Morgan fingerprint density at radius 2 is 2.08 bits per heavy atom. The van der Waals surface area contributed by atoms with Gasteiger partial charge in [-0.25, -0.2) is 0 Å². The molecule has 0 saturated carbocycles. The third-order valence-corrected chi connectivity index (χ3v) is 4.73. The van der Waals surface area contributed by atoms with Crippen LogP contribution in [0.15, 0.2) is 64.8 Å². The van der Waals surface area contributed by atoms with E-state index in [1.165, 1.54) is 23.9 Å². The maximum Gasteiger partial charge on any atom is 0.251 e. The fourth-order valence-corrected chi connectivity index (χ4v) is 3.20. The van der Waals surface area contributed by atoms with Gasteiger partial charge in [-0.05, 0) is 41.8 Å². The maximum absolute atomic E-state index is 12.3. The third-order valence-electron chi connectivity index (χ3n) is 3.71. The molecule has 6 heteroatoms. The van der Waals surface area contributed by atoms with Crippen LogP contribution in [0.25, 0.3) is 0 Å². The maximum atomic E-state index is 12.3. The van der Waals surface area contributed by atoms with E-state index in [-0.39, 0.29) is 12.5 Å². The first-order chi connectivity index (χ1) is 11.6. The Morgan fingerprint density at radius 1 is 1.29 bits per heavy atom. The Hall–Kier alpha value is -2.88. The highest BCUT2D eigenvalue weighted by atomic mass is 32.1. The van der Waals surface area contributed by atoms with Gasteiger partial charge in [0.05, 0.1) is 30.7 Å². The summed E-state index contributed by atoms with van der Waals surface area (Å²) in [6.45, 7) is 0.00583. The first-order valence-electron chi connectivity index (χ1n) is 7.21. The average Bonchev–Trinajstić information content (AvgIpc) is 3.33. The predicted octanol–water partition coefficient (Wildman–Crippen LogP) is 2.88. The first kappa shape index (κ1) is 16.0. The molecule has 24 heavy (non-hydrogen) atoms. The molecule has 2 heterocycles. The van der Waals surface area contributed by atoms with Crippen molar-refractivity contribution in [2.45, 2.75) is 5.60 Å². The number of hydrogen-bond acceptors (Lipinski definition) is 5. The number of nitrogens with zero attached hydrogens (tertiary/aromatic N) is 1. The molecule has 0 aliphatic carbocycles. The molecule has 5 nitrogen and oxygen atoms in total. The largest absolute Gasteiger partial charge is 0.472 e. The molecule has 1 atom stereocenters. The summed E-state index contributed by atoms with van der Waals surface area (Å²) in [5, 5.41) is 24.5. The Bertz CT molecular complexity index is 813. The molecule has 3 rings (SSSR count). The fraction of sp³-hybridized carbons (Fsp3) is 0.111. The summed E-state index contributed by atoms with van der Waals surface area (Å²) in [7, 11) is 0. The molecule has 1 amide bonds. The summed E-state index contributed by atoms with van der Waals surface area (Å²) in [6.07, 6.45) is 2.95. The smallest absolute Gasteiger partial charge is 0.251 e. The molecule has 0 saturated heterocycles. The van der Waals surface area contributed by atoms with Crippen LogP contribution in [0.4, 0.5) is 0 Å². The number of nitriles is 1. The van der Waals surface area contributed by atoms with Crippen LogP contribution >= 0.6 is 11.3 Å². The molecule has 0 bridgehead atoms. The Balaban J connectivity index is 1.79. The zero-order valence-electron chi connectivity index (χ0n) is 12.6. The van der Waals surface area contributed by atoms with Crippen molar-refractivity contribution in [3.8, 4) is 6.07 Å². The topological polar surface area (TPSA) is 86.3 Å². The third kappa shape index (κ3) is 3.08. The molecular weight excluding hydrogens is 324 g/mol. The highest BCUT2D eigenvalue weighted by Crippen LogP contribution is 2.32. The minimum atomic E-state index is -1.36. The molecule has 0 aliphatic rings. The molecule has 1 aromatic carbocycles. The fourth-order valence-electron chi connectivity index (χ4n) is 2.35. The Morgan fingerprint density at radius 3 is 2.67 bits per heavy atom. The van der Waals surface area contributed by atoms with Crippen LogP contribution < -0.4 is 5.32 Å². The second-order valence-electron chi connectivity index (χ2n) is 5.22. The van der Waals surface area contributed by atoms with Crippen molar-refractivity contribution in [1.82, 2.24) is 5.32 Å². The van der Waals surface area contributed by atoms with E-state index >= 15 is 0 Å². The zero-order chi connectivity index (χ0) is 17.0. The van der Waals surface area contributed by atoms with E-state index in [0.717, 1.165) is 0 Å². The number of thiophene rings is 1. The quantitative estimate of drug-likeness (QED) is 0.749. The standard InChI is InChI=1S/C18H14N2O3S/c19-10-13-3-5-14(6-4-13)17(21)20-12-18(22,15-7-8-23-11-15)16-2-1-9-24-16/h1-9,11,22H,12H2,(H,20,21)/t18-/m0/s1. The number of rotatable bonds is 5. The van der Waals surface area contributed by atoms with Gasteiger partial charge in [-0.3, -0.25) is 4.79 Å². The van der Waals surface area contributed by atoms with Gasteiger partial charge in [0.2, 0.25) is 0 Å². The summed E-state index contributed by atoms with van der Waals surface area (Å²) >= 11 is 1.40. The molecule has 3 aromatic rings. The van der Waals surface area contributed by atoms with Gasteiger partial charge in [-0.2, -0.15) is 5.26 Å². The van der Waals surface area contributed by atoms with E-state index in [1.807, 2.05) is 23.6 Å². The van der Waals surface area contributed by atoms with Crippen LogP contribution in [-0.4, -0.2) is 17.6 Å². The Kier molecular flexibility index (Phi) is 4.47. The number of amides is 1. The predicted molar refractivity (Wildman–Crippen MR) is 89.5 cm³/mol. The molecular formula is C18H14N2O3S. The molecule has 120 valence electrons.